The zero-order chi connectivity index (χ0) is 10.4. The number of benzene rings is 1. The van der Waals surface area contributed by atoms with Gasteiger partial charge in [0.15, 0.2) is 0 Å². The van der Waals surface area contributed by atoms with Crippen LogP contribution in [0.2, 0.25) is 0 Å². The molecule has 0 saturated carbocycles. The predicted octanol–water partition coefficient (Wildman–Crippen LogP) is 4.26. The Labute approximate surface area is 88.4 Å². The molecule has 77 valence electrons. The predicted molar refractivity (Wildman–Crippen MR) is 63.1 cm³/mol. The first-order valence-electron chi connectivity index (χ1n) is 5.47. The Morgan fingerprint density at radius 2 is 1.79 bits per heavy atom. The third kappa shape index (κ3) is 3.95. The fourth-order valence-electron chi connectivity index (χ4n) is 1.54. The van der Waals surface area contributed by atoms with Gasteiger partial charge >= 0.3 is 0 Å². The summed E-state index contributed by atoms with van der Waals surface area (Å²) in [6, 6.07) is 10.7. The topological polar surface area (TPSA) is 0 Å². The molecule has 0 aliphatic rings. The van der Waals surface area contributed by atoms with Crippen molar-refractivity contribution in [2.45, 2.75) is 39.5 Å². The molecule has 0 nitrogen and oxygen atoms in total. The van der Waals surface area contributed by atoms with Gasteiger partial charge in [0.2, 0.25) is 0 Å². The zero-order valence-electron chi connectivity index (χ0n) is 9.42. The molecule has 1 rings (SSSR count). The molecular weight excluding hydrogens is 168 g/mol. The summed E-state index contributed by atoms with van der Waals surface area (Å²) in [7, 11) is 0. The third-order valence-electron chi connectivity index (χ3n) is 2.84. The molecule has 0 N–H and O–H groups in total. The van der Waals surface area contributed by atoms with Gasteiger partial charge in [0.25, 0.3) is 0 Å². The van der Waals surface area contributed by atoms with Crippen LogP contribution in [0.5, 0.6) is 0 Å². The fraction of sp³-hybridized carbons (Fsp3) is 0.500. The van der Waals surface area contributed by atoms with Crippen LogP contribution in [0.15, 0.2) is 30.3 Å². The maximum atomic E-state index is 3.98. The van der Waals surface area contributed by atoms with Crippen molar-refractivity contribution in [3.05, 3.63) is 42.8 Å². The van der Waals surface area contributed by atoms with E-state index in [4.69, 9.17) is 0 Å². The molecule has 0 fully saturated rings. The second-order valence-corrected chi connectivity index (χ2v) is 4.75. The average Bonchev–Trinajstić information content (AvgIpc) is 2.19. The molecule has 0 bridgehead atoms. The van der Waals surface area contributed by atoms with E-state index in [1.807, 2.05) is 0 Å². The molecule has 0 saturated heterocycles. The van der Waals surface area contributed by atoms with E-state index in [9.17, 15) is 0 Å². The van der Waals surface area contributed by atoms with Crippen molar-refractivity contribution in [3.63, 3.8) is 0 Å². The minimum atomic E-state index is 0.411. The highest BCUT2D eigenvalue weighted by molar-refractivity contribution is 5.14. The van der Waals surface area contributed by atoms with Crippen LogP contribution in [-0.2, 0) is 6.42 Å². The van der Waals surface area contributed by atoms with Crippen molar-refractivity contribution in [3.8, 4) is 0 Å². The normalized spacial score (nSPS) is 11.6. The Morgan fingerprint density at radius 3 is 2.36 bits per heavy atom. The number of hydrogen-bond acceptors (Lipinski definition) is 0. The van der Waals surface area contributed by atoms with Crippen molar-refractivity contribution in [1.82, 2.24) is 0 Å². The second kappa shape index (κ2) is 5.19. The lowest BCUT2D eigenvalue weighted by Gasteiger charge is -2.22. The molecule has 0 atom stereocenters. The quantitative estimate of drug-likeness (QED) is 0.649. The highest BCUT2D eigenvalue weighted by Gasteiger charge is 2.13. The summed E-state index contributed by atoms with van der Waals surface area (Å²) in [5.74, 6) is 0. The van der Waals surface area contributed by atoms with Crippen molar-refractivity contribution < 1.29 is 0 Å². The fourth-order valence-corrected chi connectivity index (χ4v) is 1.54. The van der Waals surface area contributed by atoms with Crippen molar-refractivity contribution in [1.29, 1.82) is 0 Å². The van der Waals surface area contributed by atoms with Gasteiger partial charge in [-0.05, 0) is 36.7 Å². The van der Waals surface area contributed by atoms with Gasteiger partial charge < -0.3 is 0 Å². The first kappa shape index (κ1) is 11.3. The van der Waals surface area contributed by atoms with E-state index >= 15 is 0 Å². The molecule has 0 unspecified atom stereocenters. The molecular formula is C14H21. The van der Waals surface area contributed by atoms with E-state index in [2.05, 4.69) is 51.1 Å². The minimum Gasteiger partial charge on any atom is -0.0622 e. The van der Waals surface area contributed by atoms with E-state index < -0.39 is 0 Å². The van der Waals surface area contributed by atoms with Gasteiger partial charge in [-0.3, -0.25) is 0 Å². The lowest BCUT2D eigenvalue weighted by atomic mass is 9.84. The molecule has 0 spiro atoms. The first-order chi connectivity index (χ1) is 6.64. The lowest BCUT2D eigenvalue weighted by molar-refractivity contribution is 0.328. The van der Waals surface area contributed by atoms with E-state index in [0.717, 1.165) is 6.42 Å². The Bertz CT molecular complexity index is 246. The van der Waals surface area contributed by atoms with Crippen LogP contribution in [0.25, 0.3) is 0 Å². The maximum absolute atomic E-state index is 3.98. The molecule has 1 aromatic carbocycles. The van der Waals surface area contributed by atoms with Gasteiger partial charge in [0.05, 0.1) is 0 Å². The first-order valence-corrected chi connectivity index (χ1v) is 5.47. The SMILES string of the molecule is [CH2]CC(C)(C)CCCc1ccccc1. The van der Waals surface area contributed by atoms with Crippen molar-refractivity contribution >= 4 is 0 Å². The second-order valence-electron chi connectivity index (χ2n) is 4.75. The summed E-state index contributed by atoms with van der Waals surface area (Å²) in [5, 5.41) is 0. The average molecular weight is 189 g/mol. The molecule has 0 amide bonds. The Morgan fingerprint density at radius 1 is 1.14 bits per heavy atom. The molecule has 0 heterocycles. The summed E-state index contributed by atoms with van der Waals surface area (Å²) in [6.07, 6.45) is 4.77. The van der Waals surface area contributed by atoms with Crippen LogP contribution < -0.4 is 0 Å². The van der Waals surface area contributed by atoms with Gasteiger partial charge in [-0.1, -0.05) is 51.1 Å². The summed E-state index contributed by atoms with van der Waals surface area (Å²) < 4.78 is 0. The maximum Gasteiger partial charge on any atom is -0.0279 e. The van der Waals surface area contributed by atoms with Gasteiger partial charge in [0.1, 0.15) is 0 Å². The van der Waals surface area contributed by atoms with E-state index in [1.54, 1.807) is 0 Å². The zero-order valence-corrected chi connectivity index (χ0v) is 9.42. The van der Waals surface area contributed by atoms with Crippen molar-refractivity contribution in [2.75, 3.05) is 0 Å². The Balaban J connectivity index is 2.29. The molecule has 1 aromatic rings. The molecule has 0 aliphatic carbocycles. The monoisotopic (exact) mass is 189 g/mol. The lowest BCUT2D eigenvalue weighted by Crippen LogP contribution is -2.09. The molecule has 14 heavy (non-hydrogen) atoms. The highest BCUT2D eigenvalue weighted by atomic mass is 14.2. The molecule has 0 heteroatoms. The van der Waals surface area contributed by atoms with E-state index in [1.165, 1.54) is 24.8 Å². The number of rotatable bonds is 5. The summed E-state index contributed by atoms with van der Waals surface area (Å²) in [6.45, 7) is 8.58. The Kier molecular flexibility index (Phi) is 4.19. The molecule has 0 aromatic heterocycles. The van der Waals surface area contributed by atoms with Gasteiger partial charge in [-0.2, -0.15) is 0 Å². The van der Waals surface area contributed by atoms with Crippen LogP contribution in [0.4, 0.5) is 0 Å². The van der Waals surface area contributed by atoms with Gasteiger partial charge in [-0.25, -0.2) is 0 Å². The van der Waals surface area contributed by atoms with E-state index in [-0.39, 0.29) is 0 Å². The molecule has 0 aliphatic heterocycles. The Hall–Kier alpha value is -0.780. The van der Waals surface area contributed by atoms with Crippen LogP contribution in [0.1, 0.15) is 38.7 Å². The smallest absolute Gasteiger partial charge is 0.0279 e. The number of aryl methyl sites for hydroxylation is 1. The largest absolute Gasteiger partial charge is 0.0622 e. The van der Waals surface area contributed by atoms with Crippen LogP contribution in [0, 0.1) is 12.3 Å². The van der Waals surface area contributed by atoms with Gasteiger partial charge in [-0.15, -0.1) is 0 Å². The minimum absolute atomic E-state index is 0.411. The summed E-state index contributed by atoms with van der Waals surface area (Å²) >= 11 is 0. The summed E-state index contributed by atoms with van der Waals surface area (Å²) in [4.78, 5) is 0. The standard InChI is InChI=1S/C14H21/c1-4-14(2,3)12-8-11-13-9-6-5-7-10-13/h5-7,9-10H,1,4,8,11-12H2,2-3H3. The van der Waals surface area contributed by atoms with Crippen LogP contribution >= 0.6 is 0 Å². The van der Waals surface area contributed by atoms with Crippen molar-refractivity contribution in [2.24, 2.45) is 5.41 Å². The van der Waals surface area contributed by atoms with Crippen LogP contribution in [0.3, 0.4) is 0 Å². The van der Waals surface area contributed by atoms with Crippen LogP contribution in [-0.4, -0.2) is 0 Å². The van der Waals surface area contributed by atoms with Gasteiger partial charge in [0, 0.05) is 0 Å². The molecule has 1 radical (unpaired) electrons. The highest BCUT2D eigenvalue weighted by Crippen LogP contribution is 2.26. The summed E-state index contributed by atoms with van der Waals surface area (Å²) in [5.41, 5.74) is 1.86. The number of hydrogen-bond donors (Lipinski definition) is 0. The van der Waals surface area contributed by atoms with E-state index in [0.29, 0.717) is 5.41 Å². The third-order valence-corrected chi connectivity index (χ3v) is 2.84.